The van der Waals surface area contributed by atoms with E-state index in [1.807, 2.05) is 30.3 Å². The Hall–Kier alpha value is -2.97. The fourth-order valence-corrected chi connectivity index (χ4v) is 2.10. The van der Waals surface area contributed by atoms with Gasteiger partial charge in [-0.1, -0.05) is 41.9 Å². The van der Waals surface area contributed by atoms with Crippen molar-refractivity contribution in [2.75, 3.05) is 0 Å². The molecule has 2 aromatic rings. The second-order valence-corrected chi connectivity index (χ2v) is 5.12. The minimum Gasteiger partial charge on any atom is -0.504 e. The number of nitrogens with one attached hydrogen (secondary N) is 1. The lowest BCUT2D eigenvalue weighted by molar-refractivity contribution is -0.117. The molecular formula is C17H13ClN2O3. The van der Waals surface area contributed by atoms with Crippen LogP contribution in [0.25, 0.3) is 6.08 Å². The molecule has 0 aliphatic rings. The number of halogens is 1. The normalized spacial score (nSPS) is 10.9. The largest absolute Gasteiger partial charge is 0.504 e. The van der Waals surface area contributed by atoms with E-state index in [1.165, 1.54) is 18.2 Å². The summed E-state index contributed by atoms with van der Waals surface area (Å²) in [6, 6.07) is 13.6. The van der Waals surface area contributed by atoms with Gasteiger partial charge in [0.25, 0.3) is 5.91 Å². The zero-order valence-corrected chi connectivity index (χ0v) is 12.7. The predicted octanol–water partition coefficient (Wildman–Crippen LogP) is 2.97. The summed E-state index contributed by atoms with van der Waals surface area (Å²) in [6.45, 7) is 0.292. The predicted molar refractivity (Wildman–Crippen MR) is 86.7 cm³/mol. The van der Waals surface area contributed by atoms with Gasteiger partial charge in [-0.2, -0.15) is 5.26 Å². The lowest BCUT2D eigenvalue weighted by atomic mass is 10.1. The standard InChI is InChI=1S/C17H13ClN2O3/c18-14-7-12(8-15(21)16(14)22)6-13(9-19)17(23)20-10-11-4-2-1-3-5-11/h1-8,21-22H,10H2,(H,20,23)/b13-6+. The summed E-state index contributed by atoms with van der Waals surface area (Å²) in [5.41, 5.74) is 1.10. The Kier molecular flexibility index (Phi) is 5.23. The second kappa shape index (κ2) is 7.34. The second-order valence-electron chi connectivity index (χ2n) is 4.71. The van der Waals surface area contributed by atoms with Gasteiger partial charge in [-0.05, 0) is 29.3 Å². The fraction of sp³-hybridized carbons (Fsp3) is 0.0588. The van der Waals surface area contributed by atoms with Gasteiger partial charge in [0.1, 0.15) is 11.6 Å². The van der Waals surface area contributed by atoms with E-state index in [4.69, 9.17) is 16.9 Å². The van der Waals surface area contributed by atoms with Gasteiger partial charge in [-0.3, -0.25) is 4.79 Å². The molecule has 0 fully saturated rings. The molecule has 0 saturated carbocycles. The summed E-state index contributed by atoms with van der Waals surface area (Å²) in [5.74, 6) is -1.42. The Morgan fingerprint density at radius 2 is 1.96 bits per heavy atom. The summed E-state index contributed by atoms with van der Waals surface area (Å²) < 4.78 is 0. The van der Waals surface area contributed by atoms with Gasteiger partial charge in [0.15, 0.2) is 11.5 Å². The van der Waals surface area contributed by atoms with E-state index in [1.54, 1.807) is 6.07 Å². The van der Waals surface area contributed by atoms with Gasteiger partial charge in [-0.25, -0.2) is 0 Å². The Balaban J connectivity index is 2.15. The van der Waals surface area contributed by atoms with Crippen molar-refractivity contribution in [1.82, 2.24) is 5.32 Å². The summed E-state index contributed by atoms with van der Waals surface area (Å²) >= 11 is 5.74. The molecule has 0 spiro atoms. The van der Waals surface area contributed by atoms with E-state index in [2.05, 4.69) is 5.32 Å². The molecule has 6 heteroatoms. The molecule has 0 radical (unpaired) electrons. The van der Waals surface area contributed by atoms with Gasteiger partial charge in [-0.15, -0.1) is 0 Å². The maximum Gasteiger partial charge on any atom is 0.262 e. The number of aromatic hydroxyl groups is 2. The third-order valence-corrected chi connectivity index (χ3v) is 3.33. The number of nitrogens with zero attached hydrogens (tertiary/aromatic N) is 1. The van der Waals surface area contributed by atoms with Crippen LogP contribution < -0.4 is 5.32 Å². The van der Waals surface area contributed by atoms with Gasteiger partial charge in [0, 0.05) is 6.54 Å². The van der Waals surface area contributed by atoms with Crippen molar-refractivity contribution in [1.29, 1.82) is 5.26 Å². The molecule has 1 amide bonds. The van der Waals surface area contributed by atoms with Crippen LogP contribution in [0.3, 0.4) is 0 Å². The van der Waals surface area contributed by atoms with Gasteiger partial charge >= 0.3 is 0 Å². The topological polar surface area (TPSA) is 93.3 Å². The molecule has 0 aromatic heterocycles. The molecule has 0 aliphatic carbocycles. The van der Waals surface area contributed by atoms with Crippen LogP contribution in [0.1, 0.15) is 11.1 Å². The smallest absolute Gasteiger partial charge is 0.262 e. The lowest BCUT2D eigenvalue weighted by Gasteiger charge is -2.05. The summed E-state index contributed by atoms with van der Waals surface area (Å²) in [7, 11) is 0. The molecule has 0 aliphatic heterocycles. The third kappa shape index (κ3) is 4.25. The van der Waals surface area contributed by atoms with Crippen LogP contribution in [0.15, 0.2) is 48.0 Å². The fourth-order valence-electron chi connectivity index (χ4n) is 1.88. The molecule has 2 rings (SSSR count). The Labute approximate surface area is 138 Å². The number of benzene rings is 2. The molecular weight excluding hydrogens is 316 g/mol. The molecule has 0 unspecified atom stereocenters. The molecule has 0 atom stereocenters. The quantitative estimate of drug-likeness (QED) is 0.457. The van der Waals surface area contributed by atoms with Gasteiger partial charge in [0.2, 0.25) is 0 Å². The highest BCUT2D eigenvalue weighted by molar-refractivity contribution is 6.32. The lowest BCUT2D eigenvalue weighted by Crippen LogP contribution is -2.23. The number of hydrogen-bond acceptors (Lipinski definition) is 4. The molecule has 0 saturated heterocycles. The first-order valence-electron chi connectivity index (χ1n) is 6.66. The van der Waals surface area contributed by atoms with Crippen molar-refractivity contribution in [2.45, 2.75) is 6.54 Å². The minimum atomic E-state index is -0.542. The van der Waals surface area contributed by atoms with Crippen molar-refractivity contribution in [3.8, 4) is 17.6 Å². The first-order valence-corrected chi connectivity index (χ1v) is 7.04. The first-order chi connectivity index (χ1) is 11.0. The Bertz CT molecular complexity index is 772. The number of hydrogen-bond donors (Lipinski definition) is 3. The van der Waals surface area contributed by atoms with Crippen LogP contribution >= 0.6 is 11.6 Å². The number of phenols is 2. The number of rotatable bonds is 4. The molecule has 0 heterocycles. The van der Waals surface area contributed by atoms with Crippen molar-refractivity contribution >= 4 is 23.6 Å². The first kappa shape index (κ1) is 16.4. The zero-order chi connectivity index (χ0) is 16.8. The summed E-state index contributed by atoms with van der Waals surface area (Å²) in [5, 5.41) is 30.6. The molecule has 2 aromatic carbocycles. The number of carbonyl (C=O) groups excluding carboxylic acids is 1. The highest BCUT2D eigenvalue weighted by atomic mass is 35.5. The van der Waals surface area contributed by atoms with Crippen LogP contribution in [-0.2, 0) is 11.3 Å². The Morgan fingerprint density at radius 3 is 2.57 bits per heavy atom. The molecule has 5 nitrogen and oxygen atoms in total. The number of nitriles is 1. The maximum atomic E-state index is 12.0. The molecule has 3 N–H and O–H groups in total. The van der Waals surface area contributed by atoms with Crippen LogP contribution in [0.4, 0.5) is 0 Å². The summed E-state index contributed by atoms with van der Waals surface area (Å²) in [6.07, 6.45) is 1.28. The highest BCUT2D eigenvalue weighted by Gasteiger charge is 2.11. The van der Waals surface area contributed by atoms with Gasteiger partial charge in [0.05, 0.1) is 5.02 Å². The van der Waals surface area contributed by atoms with Crippen molar-refractivity contribution in [2.24, 2.45) is 0 Å². The SMILES string of the molecule is N#C/C(=C\c1cc(O)c(O)c(Cl)c1)C(=O)NCc1ccccc1. The molecule has 0 bridgehead atoms. The van der Waals surface area contributed by atoms with E-state index in [-0.39, 0.29) is 10.6 Å². The van der Waals surface area contributed by atoms with E-state index in [0.717, 1.165) is 5.56 Å². The van der Waals surface area contributed by atoms with E-state index in [0.29, 0.717) is 12.1 Å². The highest BCUT2D eigenvalue weighted by Crippen LogP contribution is 2.34. The van der Waals surface area contributed by atoms with E-state index < -0.39 is 17.4 Å². The summed E-state index contributed by atoms with van der Waals surface area (Å²) in [4.78, 5) is 12.0. The van der Waals surface area contributed by atoms with Crippen LogP contribution in [-0.4, -0.2) is 16.1 Å². The average molecular weight is 329 g/mol. The van der Waals surface area contributed by atoms with Crippen LogP contribution in [0, 0.1) is 11.3 Å². The van der Waals surface area contributed by atoms with Crippen molar-refractivity contribution < 1.29 is 15.0 Å². The molecule has 23 heavy (non-hydrogen) atoms. The number of carbonyl (C=O) groups is 1. The number of amides is 1. The maximum absolute atomic E-state index is 12.0. The van der Waals surface area contributed by atoms with Gasteiger partial charge < -0.3 is 15.5 Å². The number of phenolic OH excluding ortho intramolecular Hbond substituents is 2. The Morgan fingerprint density at radius 1 is 1.26 bits per heavy atom. The monoisotopic (exact) mass is 328 g/mol. The van der Waals surface area contributed by atoms with Crippen molar-refractivity contribution in [3.63, 3.8) is 0 Å². The zero-order valence-electron chi connectivity index (χ0n) is 12.0. The van der Waals surface area contributed by atoms with E-state index >= 15 is 0 Å². The van der Waals surface area contributed by atoms with E-state index in [9.17, 15) is 15.0 Å². The molecule has 116 valence electrons. The van der Waals surface area contributed by atoms with Crippen LogP contribution in [0.5, 0.6) is 11.5 Å². The minimum absolute atomic E-state index is 0.0711. The average Bonchev–Trinajstić information content (AvgIpc) is 2.56. The third-order valence-electron chi connectivity index (χ3n) is 3.04. The van der Waals surface area contributed by atoms with Crippen LogP contribution in [0.2, 0.25) is 5.02 Å². The van der Waals surface area contributed by atoms with Crippen molar-refractivity contribution in [3.05, 3.63) is 64.2 Å².